The van der Waals surface area contributed by atoms with Gasteiger partial charge >= 0.3 is 0 Å². The molecule has 3 heterocycles. The molecule has 1 atom stereocenters. The van der Waals surface area contributed by atoms with Crippen LogP contribution in [0.15, 0.2) is 53.3 Å². The smallest absolute Gasteiger partial charge is 0.253 e. The van der Waals surface area contributed by atoms with Gasteiger partial charge in [-0.05, 0) is 85.2 Å². The Kier molecular flexibility index (Phi) is 6.76. The predicted octanol–water partition coefficient (Wildman–Crippen LogP) is 3.55. The third-order valence-corrected chi connectivity index (χ3v) is 6.50. The third-order valence-electron chi connectivity index (χ3n) is 6.50. The highest BCUT2D eigenvalue weighted by Gasteiger charge is 2.31. The molecule has 182 valence electrons. The topological polar surface area (TPSA) is 98.2 Å². The van der Waals surface area contributed by atoms with E-state index in [2.05, 4.69) is 25.4 Å². The molecule has 0 radical (unpaired) electrons. The first kappa shape index (κ1) is 23.0. The molecule has 9 heteroatoms. The minimum Gasteiger partial charge on any atom is -0.497 e. The highest BCUT2D eigenvalue weighted by molar-refractivity contribution is 5.80. The molecule has 1 aliphatic rings. The van der Waals surface area contributed by atoms with Crippen molar-refractivity contribution in [3.05, 3.63) is 75.8 Å². The molecule has 0 amide bonds. The Bertz CT molecular complexity index is 1340. The highest BCUT2D eigenvalue weighted by Crippen LogP contribution is 2.30. The van der Waals surface area contributed by atoms with Gasteiger partial charge in [-0.3, -0.25) is 9.69 Å². The molecule has 0 bridgehead atoms. The minimum atomic E-state index is -0.354. The number of pyridine rings is 1. The molecule has 5 rings (SSSR count). The zero-order chi connectivity index (χ0) is 24.2. The number of piperidine rings is 1. The van der Waals surface area contributed by atoms with Crippen LogP contribution in [0.25, 0.3) is 10.9 Å². The molecule has 0 spiro atoms. The van der Waals surface area contributed by atoms with Gasteiger partial charge in [-0.15, -0.1) is 5.10 Å². The summed E-state index contributed by atoms with van der Waals surface area (Å²) in [6.45, 7) is 4.81. The number of nitrogens with zero attached hydrogens (tertiary/aromatic N) is 5. The summed E-state index contributed by atoms with van der Waals surface area (Å²) in [6, 6.07) is 15.2. The second-order valence-electron chi connectivity index (χ2n) is 8.78. The Labute approximate surface area is 203 Å². The lowest BCUT2D eigenvalue weighted by molar-refractivity contribution is 0.177. The van der Waals surface area contributed by atoms with Crippen molar-refractivity contribution in [1.82, 2.24) is 30.1 Å². The van der Waals surface area contributed by atoms with Gasteiger partial charge in [0.25, 0.3) is 5.56 Å². The van der Waals surface area contributed by atoms with Crippen LogP contribution in [-0.4, -0.2) is 56.9 Å². The molecule has 1 N–H and O–H groups in total. The van der Waals surface area contributed by atoms with Gasteiger partial charge in [-0.2, -0.15) is 0 Å². The normalized spacial score (nSPS) is 15.3. The fourth-order valence-electron chi connectivity index (χ4n) is 4.76. The van der Waals surface area contributed by atoms with E-state index in [-0.39, 0.29) is 11.6 Å². The van der Waals surface area contributed by atoms with Crippen LogP contribution in [0.2, 0.25) is 0 Å². The maximum atomic E-state index is 13.4. The lowest BCUT2D eigenvalue weighted by atomic mass is 10.0. The van der Waals surface area contributed by atoms with Crippen LogP contribution < -0.4 is 15.0 Å². The number of hydrogen-bond acceptors (Lipinski definition) is 7. The third kappa shape index (κ3) is 4.90. The number of benzene rings is 2. The summed E-state index contributed by atoms with van der Waals surface area (Å²) in [5.74, 6) is 2.23. The number of nitrogens with one attached hydrogen (secondary N) is 1. The highest BCUT2D eigenvalue weighted by atomic mass is 16.5. The molecule has 1 aliphatic heterocycles. The van der Waals surface area contributed by atoms with E-state index in [0.29, 0.717) is 24.5 Å². The molecular weight excluding hydrogens is 444 g/mol. The Hall–Kier alpha value is -3.72. The number of rotatable bonds is 8. The van der Waals surface area contributed by atoms with E-state index < -0.39 is 0 Å². The second kappa shape index (κ2) is 10.3. The fourth-order valence-corrected chi connectivity index (χ4v) is 4.76. The average Bonchev–Trinajstić information content (AvgIpc) is 3.33. The van der Waals surface area contributed by atoms with Crippen LogP contribution in [-0.2, 0) is 6.54 Å². The number of aromatic nitrogens is 5. The summed E-state index contributed by atoms with van der Waals surface area (Å²) in [5.41, 5.74) is 2.33. The summed E-state index contributed by atoms with van der Waals surface area (Å²) >= 11 is 0. The predicted molar refractivity (Wildman–Crippen MR) is 133 cm³/mol. The molecule has 2 aromatic carbocycles. The van der Waals surface area contributed by atoms with Crippen LogP contribution in [0.4, 0.5) is 0 Å². The molecule has 35 heavy (non-hydrogen) atoms. The number of aromatic amines is 1. The zero-order valence-electron chi connectivity index (χ0n) is 20.1. The summed E-state index contributed by atoms with van der Waals surface area (Å²) < 4.78 is 12.8. The first-order valence-corrected chi connectivity index (χ1v) is 12.1. The van der Waals surface area contributed by atoms with Crippen molar-refractivity contribution >= 4 is 10.9 Å². The van der Waals surface area contributed by atoms with E-state index >= 15 is 0 Å². The number of H-pyrrole nitrogens is 1. The largest absolute Gasteiger partial charge is 0.497 e. The molecular formula is C26H30N6O3. The van der Waals surface area contributed by atoms with Gasteiger partial charge in [0.15, 0.2) is 5.82 Å². The fraction of sp³-hybridized carbons (Fsp3) is 0.385. The van der Waals surface area contributed by atoms with E-state index in [0.717, 1.165) is 53.9 Å². The number of ether oxygens (including phenoxy) is 2. The van der Waals surface area contributed by atoms with Crippen molar-refractivity contribution in [2.75, 3.05) is 26.8 Å². The van der Waals surface area contributed by atoms with Crippen molar-refractivity contribution in [3.63, 3.8) is 0 Å². The summed E-state index contributed by atoms with van der Waals surface area (Å²) in [6.07, 6.45) is 3.35. The van der Waals surface area contributed by atoms with Crippen LogP contribution in [0.5, 0.6) is 11.5 Å². The van der Waals surface area contributed by atoms with Crippen LogP contribution in [0, 0.1) is 0 Å². The van der Waals surface area contributed by atoms with Gasteiger partial charge in [-0.1, -0.05) is 18.6 Å². The molecule has 1 fully saturated rings. The number of likely N-dealkylation sites (tertiary alicyclic amines) is 1. The van der Waals surface area contributed by atoms with E-state index in [1.807, 2.05) is 55.5 Å². The van der Waals surface area contributed by atoms with Crippen LogP contribution in [0.1, 0.15) is 49.2 Å². The van der Waals surface area contributed by atoms with Gasteiger partial charge in [0, 0.05) is 16.5 Å². The van der Waals surface area contributed by atoms with Crippen molar-refractivity contribution < 1.29 is 9.47 Å². The monoisotopic (exact) mass is 474 g/mol. The van der Waals surface area contributed by atoms with Crippen molar-refractivity contribution in [2.45, 2.75) is 38.8 Å². The molecule has 4 aromatic rings. The first-order valence-electron chi connectivity index (χ1n) is 12.1. The minimum absolute atomic E-state index is 0.128. The maximum Gasteiger partial charge on any atom is 0.253 e. The average molecular weight is 475 g/mol. The summed E-state index contributed by atoms with van der Waals surface area (Å²) in [7, 11) is 1.65. The molecule has 1 saturated heterocycles. The quantitative estimate of drug-likeness (QED) is 0.417. The van der Waals surface area contributed by atoms with Crippen molar-refractivity contribution in [1.29, 1.82) is 0 Å². The van der Waals surface area contributed by atoms with Crippen LogP contribution >= 0.6 is 0 Å². The summed E-state index contributed by atoms with van der Waals surface area (Å²) in [4.78, 5) is 18.7. The molecule has 9 nitrogen and oxygen atoms in total. The number of tetrazole rings is 1. The molecule has 0 saturated carbocycles. The van der Waals surface area contributed by atoms with Gasteiger partial charge in [0.05, 0.1) is 20.3 Å². The number of methoxy groups -OCH3 is 1. The lowest BCUT2D eigenvalue weighted by Crippen LogP contribution is -2.38. The van der Waals surface area contributed by atoms with E-state index in [1.165, 1.54) is 6.42 Å². The van der Waals surface area contributed by atoms with Gasteiger partial charge < -0.3 is 14.5 Å². The molecule has 0 aliphatic carbocycles. The molecule has 0 unspecified atom stereocenters. The number of hydrogen-bond donors (Lipinski definition) is 1. The van der Waals surface area contributed by atoms with Crippen LogP contribution in [0.3, 0.4) is 0 Å². The summed E-state index contributed by atoms with van der Waals surface area (Å²) in [5, 5.41) is 13.6. The zero-order valence-corrected chi connectivity index (χ0v) is 20.1. The Morgan fingerprint density at radius 1 is 1.03 bits per heavy atom. The second-order valence-corrected chi connectivity index (χ2v) is 8.78. The SMILES string of the molecule is CCOc1ccc2[nH]c(=O)c([C@H](c3nnnn3Cc3ccc(OC)cc3)N3CCCCC3)cc2c1. The Morgan fingerprint density at radius 3 is 2.54 bits per heavy atom. The van der Waals surface area contributed by atoms with E-state index in [9.17, 15) is 4.79 Å². The number of fused-ring (bicyclic) bond motifs is 1. The van der Waals surface area contributed by atoms with Gasteiger partial charge in [0.1, 0.15) is 17.5 Å². The Morgan fingerprint density at radius 2 is 1.80 bits per heavy atom. The lowest BCUT2D eigenvalue weighted by Gasteiger charge is -2.33. The molecule has 2 aromatic heterocycles. The van der Waals surface area contributed by atoms with Gasteiger partial charge in [-0.25, -0.2) is 4.68 Å². The van der Waals surface area contributed by atoms with Crippen molar-refractivity contribution in [2.24, 2.45) is 0 Å². The van der Waals surface area contributed by atoms with E-state index in [1.54, 1.807) is 11.8 Å². The standard InChI is InChI=1S/C26H30N6O3/c1-3-35-21-11-12-23-19(15-21)16-22(26(33)27-23)24(31-13-5-4-6-14-31)25-28-29-30-32(25)17-18-7-9-20(34-2)10-8-18/h7-12,15-16,24H,3-6,13-14,17H2,1-2H3,(H,27,33)/t24-/m1/s1. The van der Waals surface area contributed by atoms with Gasteiger partial charge in [0.2, 0.25) is 0 Å². The Balaban J connectivity index is 1.57. The van der Waals surface area contributed by atoms with E-state index in [4.69, 9.17) is 9.47 Å². The maximum absolute atomic E-state index is 13.4. The first-order chi connectivity index (χ1) is 17.2. The van der Waals surface area contributed by atoms with Crippen molar-refractivity contribution in [3.8, 4) is 11.5 Å².